The Labute approximate surface area is 143 Å². The second kappa shape index (κ2) is 6.84. The monoisotopic (exact) mass is 354 g/mol. The Morgan fingerprint density at radius 2 is 2.17 bits per heavy atom. The van der Waals surface area contributed by atoms with Gasteiger partial charge in [-0.1, -0.05) is 6.92 Å². The van der Waals surface area contributed by atoms with E-state index in [0.29, 0.717) is 25.6 Å². The van der Waals surface area contributed by atoms with Crippen molar-refractivity contribution in [2.24, 2.45) is 13.0 Å². The number of hydrogen-bond donors (Lipinski definition) is 1. The molecule has 1 atom stereocenters. The lowest BCUT2D eigenvalue weighted by atomic mass is 9.97. The van der Waals surface area contributed by atoms with E-state index < -0.39 is 9.84 Å². The summed E-state index contributed by atoms with van der Waals surface area (Å²) in [5, 5.41) is 3.05. The van der Waals surface area contributed by atoms with Gasteiger partial charge in [-0.2, -0.15) is 0 Å². The molecule has 2 heterocycles. The molecule has 1 aromatic rings. The van der Waals surface area contributed by atoms with Gasteiger partial charge in [0.1, 0.15) is 0 Å². The summed E-state index contributed by atoms with van der Waals surface area (Å²) in [6.45, 7) is 3.99. The zero-order valence-corrected chi connectivity index (χ0v) is 15.2. The molecule has 0 saturated heterocycles. The smallest absolute Gasteiger partial charge is 0.230 e. The van der Waals surface area contributed by atoms with E-state index in [1.807, 2.05) is 16.5 Å². The normalized spacial score (nSPS) is 21.5. The molecule has 134 valence electrons. The van der Waals surface area contributed by atoms with E-state index in [9.17, 15) is 13.2 Å². The number of nitrogens with zero attached hydrogens (tertiary/aromatic N) is 3. The topological polar surface area (TPSA) is 84.3 Å². The molecule has 1 aliphatic carbocycles. The minimum atomic E-state index is -3.01. The van der Waals surface area contributed by atoms with Crippen LogP contribution in [-0.2, 0) is 28.2 Å². The first-order valence-corrected chi connectivity index (χ1v) is 10.4. The van der Waals surface area contributed by atoms with Crippen LogP contribution < -0.4 is 5.32 Å². The SMILES string of the molecule is CCS(=O)(=O)CCN1Cc2ncn(C)c2[C@H](C(=O)NCC2CC2)C1. The van der Waals surface area contributed by atoms with Gasteiger partial charge >= 0.3 is 0 Å². The molecule has 1 saturated carbocycles. The highest BCUT2D eigenvalue weighted by Gasteiger charge is 2.34. The molecule has 1 aliphatic heterocycles. The average Bonchev–Trinajstić information content (AvgIpc) is 3.33. The number of fused-ring (bicyclic) bond motifs is 1. The van der Waals surface area contributed by atoms with Crippen LogP contribution in [0.2, 0.25) is 0 Å². The average molecular weight is 354 g/mol. The Morgan fingerprint density at radius 3 is 2.83 bits per heavy atom. The summed E-state index contributed by atoms with van der Waals surface area (Å²) < 4.78 is 25.4. The van der Waals surface area contributed by atoms with Crippen molar-refractivity contribution >= 4 is 15.7 Å². The van der Waals surface area contributed by atoms with E-state index in [0.717, 1.165) is 17.9 Å². The molecule has 24 heavy (non-hydrogen) atoms. The largest absolute Gasteiger partial charge is 0.355 e. The maximum atomic E-state index is 12.6. The molecule has 0 radical (unpaired) electrons. The van der Waals surface area contributed by atoms with Crippen molar-refractivity contribution in [1.82, 2.24) is 19.8 Å². The summed E-state index contributed by atoms with van der Waals surface area (Å²) in [5.74, 6) is 0.650. The number of hydrogen-bond acceptors (Lipinski definition) is 5. The first-order chi connectivity index (χ1) is 11.4. The van der Waals surface area contributed by atoms with Crippen LogP contribution in [0.1, 0.15) is 37.1 Å². The third kappa shape index (κ3) is 3.97. The quantitative estimate of drug-likeness (QED) is 0.760. The molecule has 3 rings (SSSR count). The van der Waals surface area contributed by atoms with E-state index in [-0.39, 0.29) is 23.3 Å². The highest BCUT2D eigenvalue weighted by Crippen LogP contribution is 2.30. The Balaban J connectivity index is 1.71. The summed E-state index contributed by atoms with van der Waals surface area (Å²) in [6, 6.07) is 0. The summed E-state index contributed by atoms with van der Waals surface area (Å²) in [7, 11) is -1.10. The molecule has 1 fully saturated rings. The second-order valence-corrected chi connectivity index (χ2v) is 9.37. The molecule has 0 bridgehead atoms. The minimum absolute atomic E-state index is 0.0230. The Bertz CT molecular complexity index is 709. The zero-order valence-electron chi connectivity index (χ0n) is 14.4. The molecule has 8 heteroatoms. The van der Waals surface area contributed by atoms with Crippen LogP contribution in [0.4, 0.5) is 0 Å². The number of rotatable bonds is 7. The van der Waals surface area contributed by atoms with Crippen molar-refractivity contribution in [2.45, 2.75) is 32.2 Å². The molecular formula is C16H26N4O3S. The van der Waals surface area contributed by atoms with E-state index in [1.54, 1.807) is 13.3 Å². The second-order valence-electron chi connectivity index (χ2n) is 6.90. The highest BCUT2D eigenvalue weighted by atomic mass is 32.2. The fourth-order valence-electron chi connectivity index (χ4n) is 3.16. The molecule has 0 spiro atoms. The minimum Gasteiger partial charge on any atom is -0.355 e. The van der Waals surface area contributed by atoms with E-state index >= 15 is 0 Å². The third-order valence-electron chi connectivity index (χ3n) is 4.94. The number of sulfone groups is 1. The van der Waals surface area contributed by atoms with Gasteiger partial charge in [0, 0.05) is 39.0 Å². The van der Waals surface area contributed by atoms with Crippen molar-refractivity contribution in [2.75, 3.05) is 31.1 Å². The fourth-order valence-corrected chi connectivity index (χ4v) is 3.98. The number of aryl methyl sites for hydroxylation is 1. The van der Waals surface area contributed by atoms with Gasteiger partial charge in [0.2, 0.25) is 5.91 Å². The summed E-state index contributed by atoms with van der Waals surface area (Å²) in [4.78, 5) is 19.1. The van der Waals surface area contributed by atoms with Gasteiger partial charge in [0.25, 0.3) is 0 Å². The van der Waals surface area contributed by atoms with Crippen LogP contribution in [0.15, 0.2) is 6.33 Å². The first kappa shape index (κ1) is 17.4. The molecule has 7 nitrogen and oxygen atoms in total. The van der Waals surface area contributed by atoms with Crippen LogP contribution >= 0.6 is 0 Å². The van der Waals surface area contributed by atoms with Gasteiger partial charge < -0.3 is 9.88 Å². The van der Waals surface area contributed by atoms with Crippen molar-refractivity contribution in [1.29, 1.82) is 0 Å². The van der Waals surface area contributed by atoms with Gasteiger partial charge in [-0.3, -0.25) is 9.69 Å². The summed E-state index contributed by atoms with van der Waals surface area (Å²) in [5.41, 5.74) is 1.84. The van der Waals surface area contributed by atoms with Crippen LogP contribution in [0, 0.1) is 5.92 Å². The van der Waals surface area contributed by atoms with Gasteiger partial charge in [0.15, 0.2) is 9.84 Å². The Morgan fingerprint density at radius 1 is 1.42 bits per heavy atom. The number of nitrogens with one attached hydrogen (secondary N) is 1. The zero-order chi connectivity index (χ0) is 17.3. The maximum absolute atomic E-state index is 12.6. The number of imidazole rings is 1. The van der Waals surface area contributed by atoms with Crippen LogP contribution in [0.5, 0.6) is 0 Å². The standard InChI is InChI=1S/C16H26N4O3S/c1-3-24(22,23)7-6-20-9-13(16(21)17-8-12-4-5-12)15-14(10-20)18-11-19(15)2/h11-13H,3-10H2,1-2H3,(H,17,21)/t13-/m1/s1. The molecule has 0 unspecified atom stereocenters. The van der Waals surface area contributed by atoms with Crippen molar-refractivity contribution in [3.05, 3.63) is 17.7 Å². The van der Waals surface area contributed by atoms with Crippen molar-refractivity contribution < 1.29 is 13.2 Å². The van der Waals surface area contributed by atoms with Crippen molar-refractivity contribution in [3.8, 4) is 0 Å². The lowest BCUT2D eigenvalue weighted by Crippen LogP contribution is -2.43. The number of aromatic nitrogens is 2. The molecule has 2 aliphatic rings. The van der Waals surface area contributed by atoms with Crippen LogP contribution in [-0.4, -0.2) is 59.9 Å². The maximum Gasteiger partial charge on any atom is 0.230 e. The Hall–Kier alpha value is -1.41. The third-order valence-corrected chi connectivity index (χ3v) is 6.63. The number of carbonyl (C=O) groups excluding carboxylic acids is 1. The van der Waals surface area contributed by atoms with Crippen LogP contribution in [0.25, 0.3) is 0 Å². The summed E-state index contributed by atoms with van der Waals surface area (Å²) in [6.07, 6.45) is 4.13. The molecule has 1 amide bonds. The van der Waals surface area contributed by atoms with Gasteiger partial charge in [-0.05, 0) is 18.8 Å². The van der Waals surface area contributed by atoms with Gasteiger partial charge in [0.05, 0.1) is 29.4 Å². The van der Waals surface area contributed by atoms with E-state index in [4.69, 9.17) is 0 Å². The van der Waals surface area contributed by atoms with Crippen LogP contribution in [0.3, 0.4) is 0 Å². The Kier molecular flexibility index (Phi) is 4.96. The lowest BCUT2D eigenvalue weighted by Gasteiger charge is -2.32. The number of carbonyl (C=O) groups is 1. The predicted octanol–water partition coefficient (Wildman–Crippen LogP) is 0.280. The fraction of sp³-hybridized carbons (Fsp3) is 0.750. The molecule has 1 aromatic heterocycles. The van der Waals surface area contributed by atoms with Gasteiger partial charge in [-0.25, -0.2) is 13.4 Å². The molecule has 0 aromatic carbocycles. The highest BCUT2D eigenvalue weighted by molar-refractivity contribution is 7.91. The van der Waals surface area contributed by atoms with E-state index in [2.05, 4.69) is 10.3 Å². The van der Waals surface area contributed by atoms with E-state index in [1.165, 1.54) is 12.8 Å². The predicted molar refractivity (Wildman–Crippen MR) is 91.3 cm³/mol. The lowest BCUT2D eigenvalue weighted by molar-refractivity contribution is -0.123. The van der Waals surface area contributed by atoms with Crippen molar-refractivity contribution in [3.63, 3.8) is 0 Å². The number of amides is 1. The summed E-state index contributed by atoms with van der Waals surface area (Å²) >= 11 is 0. The first-order valence-electron chi connectivity index (χ1n) is 8.60. The molecule has 1 N–H and O–H groups in total. The van der Waals surface area contributed by atoms with Gasteiger partial charge in [-0.15, -0.1) is 0 Å². The molecular weight excluding hydrogens is 328 g/mol.